The minimum absolute atomic E-state index is 0.553. The first-order valence-electron chi connectivity index (χ1n) is 9.60. The summed E-state index contributed by atoms with van der Waals surface area (Å²) in [5.74, 6) is 0.608. The normalized spacial score (nSPS) is 25.0. The first-order valence-corrected chi connectivity index (χ1v) is 10.4. The van der Waals surface area contributed by atoms with Gasteiger partial charge in [-0.3, -0.25) is 4.68 Å². The van der Waals surface area contributed by atoms with Gasteiger partial charge in [0.05, 0.1) is 17.4 Å². The van der Waals surface area contributed by atoms with Crippen LogP contribution in [0.1, 0.15) is 36.4 Å². The molecule has 0 amide bonds. The quantitative estimate of drug-likeness (QED) is 0.580. The van der Waals surface area contributed by atoms with Crippen LogP contribution in [0.3, 0.4) is 0 Å². The van der Waals surface area contributed by atoms with Crippen molar-refractivity contribution < 1.29 is 0 Å². The number of rotatable bonds is 2. The van der Waals surface area contributed by atoms with Crippen molar-refractivity contribution in [1.29, 1.82) is 0 Å². The molecule has 7 heteroatoms. The van der Waals surface area contributed by atoms with Crippen molar-refractivity contribution in [2.24, 2.45) is 12.5 Å². The summed E-state index contributed by atoms with van der Waals surface area (Å²) in [6, 6.07) is 4.36. The first kappa shape index (κ1) is 15.8. The van der Waals surface area contributed by atoms with E-state index >= 15 is 0 Å². The van der Waals surface area contributed by atoms with E-state index < -0.39 is 0 Å². The number of fused-ring (bicyclic) bond motifs is 2. The minimum atomic E-state index is 0.553. The summed E-state index contributed by atoms with van der Waals surface area (Å²) in [6.45, 7) is 4.47. The number of hydrogen-bond donors (Lipinski definition) is 1. The fraction of sp³-hybridized carbons (Fsp3) is 0.450. The molecular weight excluding hydrogens is 356 g/mol. The number of aryl methyl sites for hydroxylation is 2. The third-order valence-corrected chi connectivity index (χ3v) is 7.30. The molecule has 1 N–H and O–H groups in total. The molecule has 3 aromatic heterocycles. The molecule has 4 aromatic rings. The molecule has 1 saturated carbocycles. The lowest BCUT2D eigenvalue weighted by Gasteiger charge is -2.44. The maximum Gasteiger partial charge on any atom is 0.212 e. The predicted molar refractivity (Wildman–Crippen MR) is 107 cm³/mol. The second-order valence-electron chi connectivity index (χ2n) is 8.37. The molecule has 0 radical (unpaired) electrons. The summed E-state index contributed by atoms with van der Waals surface area (Å²) in [6.07, 6.45) is 8.07. The fourth-order valence-corrected chi connectivity index (χ4v) is 5.80. The molecule has 2 fully saturated rings. The van der Waals surface area contributed by atoms with E-state index in [0.29, 0.717) is 11.3 Å². The standard InChI is InChI=1S/C20H22N6S/c1-12-5-13(6-14-9-25(2)23-17(12)14)18-24-26-10-16(22-19(26)27-18)15-7-20(8-15)3-4-21-11-20/h5-6,9-10,15,21H,3-4,7-8,11H2,1-2H3. The van der Waals surface area contributed by atoms with Crippen LogP contribution in [0.2, 0.25) is 0 Å². The van der Waals surface area contributed by atoms with Gasteiger partial charge in [0.1, 0.15) is 5.01 Å². The molecule has 1 aliphatic heterocycles. The molecule has 138 valence electrons. The lowest BCUT2D eigenvalue weighted by molar-refractivity contribution is 0.125. The zero-order chi connectivity index (χ0) is 18.2. The minimum Gasteiger partial charge on any atom is -0.316 e. The van der Waals surface area contributed by atoms with Crippen molar-refractivity contribution in [2.75, 3.05) is 13.1 Å². The summed E-state index contributed by atoms with van der Waals surface area (Å²) >= 11 is 1.67. The van der Waals surface area contributed by atoms with Crippen molar-refractivity contribution in [1.82, 2.24) is 29.7 Å². The predicted octanol–water partition coefficient (Wildman–Crippen LogP) is 3.51. The van der Waals surface area contributed by atoms with Crippen LogP contribution in [0.5, 0.6) is 0 Å². The molecule has 6 rings (SSSR count). The van der Waals surface area contributed by atoms with E-state index in [2.05, 4.69) is 41.9 Å². The van der Waals surface area contributed by atoms with Gasteiger partial charge in [0, 0.05) is 36.7 Å². The van der Waals surface area contributed by atoms with Crippen molar-refractivity contribution in [3.63, 3.8) is 0 Å². The Kier molecular flexibility index (Phi) is 3.15. The van der Waals surface area contributed by atoms with E-state index in [4.69, 9.17) is 10.1 Å². The number of nitrogens with one attached hydrogen (secondary N) is 1. The van der Waals surface area contributed by atoms with Crippen molar-refractivity contribution in [3.8, 4) is 10.6 Å². The molecule has 1 aliphatic carbocycles. The maximum absolute atomic E-state index is 4.91. The van der Waals surface area contributed by atoms with Crippen molar-refractivity contribution in [2.45, 2.75) is 32.1 Å². The van der Waals surface area contributed by atoms with Crippen LogP contribution in [-0.2, 0) is 7.05 Å². The number of imidazole rings is 1. The molecule has 0 unspecified atom stereocenters. The van der Waals surface area contributed by atoms with Crippen LogP contribution >= 0.6 is 11.3 Å². The maximum atomic E-state index is 4.91. The van der Waals surface area contributed by atoms with Gasteiger partial charge >= 0.3 is 0 Å². The van der Waals surface area contributed by atoms with Gasteiger partial charge in [-0.05, 0) is 55.8 Å². The average molecular weight is 379 g/mol. The van der Waals surface area contributed by atoms with Gasteiger partial charge in [0.2, 0.25) is 4.96 Å². The highest BCUT2D eigenvalue weighted by atomic mass is 32.1. The molecule has 0 bridgehead atoms. The monoisotopic (exact) mass is 378 g/mol. The van der Waals surface area contributed by atoms with Gasteiger partial charge in [-0.1, -0.05) is 11.3 Å². The van der Waals surface area contributed by atoms with Gasteiger partial charge in [0.25, 0.3) is 0 Å². The van der Waals surface area contributed by atoms with E-state index in [-0.39, 0.29) is 0 Å². The van der Waals surface area contributed by atoms with E-state index in [1.807, 2.05) is 16.2 Å². The molecule has 2 aliphatic rings. The average Bonchev–Trinajstić information content (AvgIpc) is 3.34. The number of nitrogens with zero attached hydrogens (tertiary/aromatic N) is 5. The SMILES string of the molecule is Cc1cc(-c2nn3cc(C4CC5(CCNC5)C4)nc3s2)cc2cn(C)nc12. The Labute approximate surface area is 161 Å². The first-order chi connectivity index (χ1) is 13.1. The summed E-state index contributed by atoms with van der Waals surface area (Å²) in [5, 5.41) is 15.0. The van der Waals surface area contributed by atoms with Crippen LogP contribution in [0.4, 0.5) is 0 Å². The smallest absolute Gasteiger partial charge is 0.212 e. The third kappa shape index (κ3) is 2.38. The van der Waals surface area contributed by atoms with Gasteiger partial charge in [0.15, 0.2) is 0 Å². The van der Waals surface area contributed by atoms with Crippen molar-refractivity contribution >= 4 is 27.2 Å². The Morgan fingerprint density at radius 3 is 2.89 bits per heavy atom. The Morgan fingerprint density at radius 2 is 2.11 bits per heavy atom. The highest BCUT2D eigenvalue weighted by molar-refractivity contribution is 7.19. The highest BCUT2D eigenvalue weighted by Crippen LogP contribution is 2.54. The Hall–Kier alpha value is -2.25. The summed E-state index contributed by atoms with van der Waals surface area (Å²) in [7, 11) is 1.96. The third-order valence-electron chi connectivity index (χ3n) is 6.33. The van der Waals surface area contributed by atoms with Gasteiger partial charge in [-0.15, -0.1) is 0 Å². The molecule has 1 aromatic carbocycles. The zero-order valence-electron chi connectivity index (χ0n) is 15.6. The van der Waals surface area contributed by atoms with Crippen LogP contribution in [0.25, 0.3) is 26.4 Å². The van der Waals surface area contributed by atoms with Crippen molar-refractivity contribution in [3.05, 3.63) is 35.8 Å². The van der Waals surface area contributed by atoms with E-state index in [9.17, 15) is 0 Å². The molecule has 6 nitrogen and oxygen atoms in total. The Morgan fingerprint density at radius 1 is 1.22 bits per heavy atom. The Balaban J connectivity index is 1.31. The largest absolute Gasteiger partial charge is 0.316 e. The van der Waals surface area contributed by atoms with E-state index in [1.54, 1.807) is 11.3 Å². The molecule has 0 atom stereocenters. The molecule has 1 spiro atoms. The highest BCUT2D eigenvalue weighted by Gasteiger charge is 2.47. The molecule has 1 saturated heterocycles. The second kappa shape index (κ2) is 5.39. The summed E-state index contributed by atoms with van der Waals surface area (Å²) in [5.41, 5.74) is 5.16. The number of hydrogen-bond acceptors (Lipinski definition) is 5. The van der Waals surface area contributed by atoms with Crippen LogP contribution in [0, 0.1) is 12.3 Å². The summed E-state index contributed by atoms with van der Waals surface area (Å²) in [4.78, 5) is 5.90. The van der Waals surface area contributed by atoms with Gasteiger partial charge < -0.3 is 5.32 Å². The number of benzene rings is 1. The molecular formula is C20H22N6S. The topological polar surface area (TPSA) is 60.0 Å². The van der Waals surface area contributed by atoms with Gasteiger partial charge in [-0.25, -0.2) is 9.50 Å². The van der Waals surface area contributed by atoms with E-state index in [1.165, 1.54) is 43.6 Å². The fourth-order valence-electron chi connectivity index (χ4n) is 4.92. The molecule has 27 heavy (non-hydrogen) atoms. The number of aromatic nitrogens is 5. The zero-order valence-corrected chi connectivity index (χ0v) is 16.4. The van der Waals surface area contributed by atoms with Crippen LogP contribution < -0.4 is 5.32 Å². The van der Waals surface area contributed by atoms with Crippen LogP contribution in [0.15, 0.2) is 24.5 Å². The lowest BCUT2D eigenvalue weighted by atomic mass is 9.60. The van der Waals surface area contributed by atoms with Gasteiger partial charge in [-0.2, -0.15) is 10.2 Å². The van der Waals surface area contributed by atoms with E-state index in [0.717, 1.165) is 26.4 Å². The van der Waals surface area contributed by atoms with Crippen LogP contribution in [-0.4, -0.2) is 37.5 Å². The Bertz CT molecular complexity index is 1140. The summed E-state index contributed by atoms with van der Waals surface area (Å²) < 4.78 is 3.84. The molecule has 4 heterocycles. The second-order valence-corrected chi connectivity index (χ2v) is 9.32. The lowest BCUT2D eigenvalue weighted by Crippen LogP contribution is -2.37.